The van der Waals surface area contributed by atoms with Crippen molar-refractivity contribution < 1.29 is 13.9 Å². The molecule has 0 heterocycles. The van der Waals surface area contributed by atoms with E-state index < -0.39 is 11.4 Å². The number of ether oxygens (including phenoxy) is 2. The minimum Gasteiger partial charge on any atom is -0.493 e. The van der Waals surface area contributed by atoms with Crippen LogP contribution in [0.5, 0.6) is 11.5 Å². The third-order valence-corrected chi connectivity index (χ3v) is 3.58. The molecule has 0 saturated heterocycles. The van der Waals surface area contributed by atoms with Gasteiger partial charge in [-0.1, -0.05) is 11.6 Å². The van der Waals surface area contributed by atoms with Gasteiger partial charge in [-0.25, -0.2) is 4.39 Å². The third kappa shape index (κ3) is 1.85. The van der Waals surface area contributed by atoms with E-state index in [0.29, 0.717) is 17.1 Å². The Morgan fingerprint density at radius 1 is 1.35 bits per heavy atom. The molecule has 0 aromatic heterocycles. The highest BCUT2D eigenvalue weighted by molar-refractivity contribution is 6.31. The molecule has 0 radical (unpaired) electrons. The second-order valence-electron chi connectivity index (χ2n) is 4.29. The number of nitrogens with two attached hydrogens (primary N) is 1. The summed E-state index contributed by atoms with van der Waals surface area (Å²) in [5.74, 6) is 0.244. The van der Waals surface area contributed by atoms with Gasteiger partial charge in [-0.15, -0.1) is 0 Å². The maximum absolute atomic E-state index is 14.1. The Labute approximate surface area is 105 Å². The normalized spacial score (nSPS) is 17.5. The number of rotatable bonds is 3. The molecule has 1 aliphatic rings. The zero-order valence-electron chi connectivity index (χ0n) is 9.85. The van der Waals surface area contributed by atoms with Gasteiger partial charge in [0, 0.05) is 11.6 Å². The summed E-state index contributed by atoms with van der Waals surface area (Å²) < 4.78 is 24.5. The zero-order chi connectivity index (χ0) is 12.6. The smallest absolute Gasteiger partial charge is 0.168 e. The molecular weight excluding hydrogens is 245 g/mol. The first-order valence-electron chi connectivity index (χ1n) is 5.43. The van der Waals surface area contributed by atoms with E-state index in [2.05, 4.69) is 0 Å². The highest BCUT2D eigenvalue weighted by Crippen LogP contribution is 2.48. The molecule has 1 aliphatic carbocycles. The first-order valence-corrected chi connectivity index (χ1v) is 5.80. The van der Waals surface area contributed by atoms with Crippen molar-refractivity contribution in [1.29, 1.82) is 0 Å². The lowest BCUT2D eigenvalue weighted by Crippen LogP contribution is -2.44. The molecule has 2 N–H and O–H groups in total. The Kier molecular flexibility index (Phi) is 3.19. The van der Waals surface area contributed by atoms with Gasteiger partial charge in [0.15, 0.2) is 17.3 Å². The molecular formula is C12H15ClFNO2. The summed E-state index contributed by atoms with van der Waals surface area (Å²) in [5.41, 5.74) is 5.80. The van der Waals surface area contributed by atoms with Crippen LogP contribution in [-0.2, 0) is 5.54 Å². The van der Waals surface area contributed by atoms with Crippen LogP contribution in [-0.4, -0.2) is 14.2 Å². The molecule has 0 atom stereocenters. The highest BCUT2D eigenvalue weighted by Gasteiger charge is 2.41. The molecule has 0 aliphatic heterocycles. The minimum atomic E-state index is -0.687. The van der Waals surface area contributed by atoms with Gasteiger partial charge in [0.05, 0.1) is 24.8 Å². The number of hydrogen-bond acceptors (Lipinski definition) is 3. The first-order chi connectivity index (χ1) is 8.03. The van der Waals surface area contributed by atoms with Gasteiger partial charge >= 0.3 is 0 Å². The van der Waals surface area contributed by atoms with E-state index in [1.165, 1.54) is 20.3 Å². The fourth-order valence-corrected chi connectivity index (χ4v) is 2.39. The molecule has 1 aromatic carbocycles. The monoisotopic (exact) mass is 259 g/mol. The standard InChI is InChI=1S/C12H15ClFNO2/c1-16-8-6-7(13)10(14)9(11(8)17-2)12(15)4-3-5-12/h6H,3-5,15H2,1-2H3. The summed E-state index contributed by atoms with van der Waals surface area (Å²) in [7, 11) is 2.95. The second kappa shape index (κ2) is 4.35. The van der Waals surface area contributed by atoms with Crippen molar-refractivity contribution in [3.8, 4) is 11.5 Å². The maximum atomic E-state index is 14.1. The summed E-state index contributed by atoms with van der Waals surface area (Å²) in [6, 6.07) is 1.40. The van der Waals surface area contributed by atoms with E-state index >= 15 is 0 Å². The molecule has 0 unspecified atom stereocenters. The van der Waals surface area contributed by atoms with Crippen LogP contribution in [0.15, 0.2) is 6.07 Å². The lowest BCUT2D eigenvalue weighted by Gasteiger charge is -2.39. The fourth-order valence-electron chi connectivity index (χ4n) is 2.19. The van der Waals surface area contributed by atoms with Crippen molar-refractivity contribution in [3.63, 3.8) is 0 Å². The Hall–Kier alpha value is -1.00. The zero-order valence-corrected chi connectivity index (χ0v) is 10.6. The topological polar surface area (TPSA) is 44.5 Å². The third-order valence-electron chi connectivity index (χ3n) is 3.31. The molecule has 0 bridgehead atoms. The summed E-state index contributed by atoms with van der Waals surface area (Å²) in [6.45, 7) is 0. The number of methoxy groups -OCH3 is 2. The quantitative estimate of drug-likeness (QED) is 0.908. The maximum Gasteiger partial charge on any atom is 0.168 e. The Morgan fingerprint density at radius 2 is 2.00 bits per heavy atom. The van der Waals surface area contributed by atoms with Gasteiger partial charge in [-0.05, 0) is 19.3 Å². The van der Waals surface area contributed by atoms with E-state index in [4.69, 9.17) is 26.8 Å². The summed E-state index contributed by atoms with van der Waals surface area (Å²) in [6.07, 6.45) is 2.43. The van der Waals surface area contributed by atoms with Gasteiger partial charge in [0.2, 0.25) is 0 Å². The van der Waals surface area contributed by atoms with E-state index in [1.54, 1.807) is 0 Å². The first kappa shape index (κ1) is 12.5. The summed E-state index contributed by atoms with van der Waals surface area (Å²) in [5, 5.41) is 0.00868. The fraction of sp³-hybridized carbons (Fsp3) is 0.500. The molecule has 0 spiro atoms. The molecule has 2 rings (SSSR count). The van der Waals surface area contributed by atoms with Crippen LogP contribution in [0, 0.1) is 5.82 Å². The number of benzene rings is 1. The van der Waals surface area contributed by atoms with Gasteiger partial charge in [-0.3, -0.25) is 0 Å². The van der Waals surface area contributed by atoms with E-state index in [-0.39, 0.29) is 5.02 Å². The van der Waals surface area contributed by atoms with Crippen LogP contribution in [0.25, 0.3) is 0 Å². The summed E-state index contributed by atoms with van der Waals surface area (Å²) >= 11 is 5.85. The highest BCUT2D eigenvalue weighted by atomic mass is 35.5. The van der Waals surface area contributed by atoms with Gasteiger partial charge in [0.25, 0.3) is 0 Å². The number of halogens is 2. The molecule has 1 saturated carbocycles. The van der Waals surface area contributed by atoms with Gasteiger partial charge in [-0.2, -0.15) is 0 Å². The van der Waals surface area contributed by atoms with E-state index in [1.807, 2.05) is 0 Å². The lowest BCUT2D eigenvalue weighted by molar-refractivity contribution is 0.231. The van der Waals surface area contributed by atoms with Crippen LogP contribution < -0.4 is 15.2 Å². The van der Waals surface area contributed by atoms with Crippen molar-refractivity contribution in [2.45, 2.75) is 24.8 Å². The molecule has 5 heteroatoms. The van der Waals surface area contributed by atoms with Crippen LogP contribution in [0.3, 0.4) is 0 Å². The van der Waals surface area contributed by atoms with E-state index in [0.717, 1.165) is 19.3 Å². The van der Waals surface area contributed by atoms with Gasteiger partial charge in [0.1, 0.15) is 0 Å². The van der Waals surface area contributed by atoms with Gasteiger partial charge < -0.3 is 15.2 Å². The average Bonchev–Trinajstić information content (AvgIpc) is 2.28. The second-order valence-corrected chi connectivity index (χ2v) is 4.70. The molecule has 1 aromatic rings. The number of hydrogen-bond donors (Lipinski definition) is 1. The van der Waals surface area contributed by atoms with Crippen molar-refractivity contribution >= 4 is 11.6 Å². The van der Waals surface area contributed by atoms with Crippen molar-refractivity contribution in [1.82, 2.24) is 0 Å². The Balaban J connectivity index is 2.65. The summed E-state index contributed by atoms with van der Waals surface area (Å²) in [4.78, 5) is 0. The predicted octanol–water partition coefficient (Wildman–Crippen LogP) is 2.83. The van der Waals surface area contributed by atoms with Crippen LogP contribution in [0.1, 0.15) is 24.8 Å². The van der Waals surface area contributed by atoms with Crippen LogP contribution >= 0.6 is 11.6 Å². The lowest BCUT2D eigenvalue weighted by atomic mass is 9.72. The molecule has 0 amide bonds. The SMILES string of the molecule is COc1cc(Cl)c(F)c(C2(N)CCC2)c1OC. The predicted molar refractivity (Wildman–Crippen MR) is 64.2 cm³/mol. The largest absolute Gasteiger partial charge is 0.493 e. The molecule has 94 valence electrons. The van der Waals surface area contributed by atoms with Crippen molar-refractivity contribution in [2.75, 3.05) is 14.2 Å². The Bertz CT molecular complexity index is 447. The van der Waals surface area contributed by atoms with Crippen LogP contribution in [0.4, 0.5) is 4.39 Å². The van der Waals surface area contributed by atoms with Crippen LogP contribution in [0.2, 0.25) is 5.02 Å². The molecule has 3 nitrogen and oxygen atoms in total. The average molecular weight is 260 g/mol. The van der Waals surface area contributed by atoms with Crippen molar-refractivity contribution in [2.24, 2.45) is 5.73 Å². The molecule has 1 fully saturated rings. The van der Waals surface area contributed by atoms with E-state index in [9.17, 15) is 4.39 Å². The van der Waals surface area contributed by atoms with Crippen molar-refractivity contribution in [3.05, 3.63) is 22.5 Å². The molecule has 17 heavy (non-hydrogen) atoms. The minimum absolute atomic E-state index is 0.00868. The Morgan fingerprint density at radius 3 is 2.41 bits per heavy atom.